The maximum Gasteiger partial charge on any atom is 0.230 e. The Morgan fingerprint density at radius 1 is 1.12 bits per heavy atom. The average molecular weight is 347 g/mol. The Hall–Kier alpha value is -1.82. The summed E-state index contributed by atoms with van der Waals surface area (Å²) in [6.07, 6.45) is 5.74. The molecule has 25 heavy (non-hydrogen) atoms. The smallest absolute Gasteiger partial charge is 0.230 e. The monoisotopic (exact) mass is 347 g/mol. The molecule has 1 saturated heterocycles. The second-order valence-corrected chi connectivity index (χ2v) is 7.29. The van der Waals surface area contributed by atoms with Crippen LogP contribution in [0.25, 0.3) is 0 Å². The van der Waals surface area contributed by atoms with Crippen LogP contribution in [0.3, 0.4) is 0 Å². The molecule has 2 heterocycles. The second kappa shape index (κ2) is 7.20. The van der Waals surface area contributed by atoms with Gasteiger partial charge in [-0.25, -0.2) is 8.78 Å². The molecule has 1 aliphatic carbocycles. The summed E-state index contributed by atoms with van der Waals surface area (Å²) in [7, 11) is 0. The molecule has 0 N–H and O–H groups in total. The lowest BCUT2D eigenvalue weighted by Gasteiger charge is -2.31. The molecule has 6 heteroatoms. The van der Waals surface area contributed by atoms with Crippen molar-refractivity contribution < 1.29 is 13.2 Å². The summed E-state index contributed by atoms with van der Waals surface area (Å²) >= 11 is 0. The fourth-order valence-corrected chi connectivity index (χ4v) is 3.67. The van der Waals surface area contributed by atoms with E-state index in [4.69, 9.17) is 4.42 Å². The molecule has 4 rings (SSSR count). The molecule has 1 aliphatic heterocycles. The number of hydrogen-bond donors (Lipinski definition) is 0. The minimum absolute atomic E-state index is 0.214. The summed E-state index contributed by atoms with van der Waals surface area (Å²) in [6.45, 7) is 2.59. The third-order valence-electron chi connectivity index (χ3n) is 5.24. The predicted molar refractivity (Wildman–Crippen MR) is 89.0 cm³/mol. The molecule has 0 amide bonds. The van der Waals surface area contributed by atoms with Crippen LogP contribution in [-0.2, 0) is 13.0 Å². The first-order valence-electron chi connectivity index (χ1n) is 9.16. The largest absolute Gasteiger partial charge is 0.424 e. The number of aromatic nitrogens is 2. The third-order valence-corrected chi connectivity index (χ3v) is 5.24. The summed E-state index contributed by atoms with van der Waals surface area (Å²) in [5.41, 5.74) is 0.214. The van der Waals surface area contributed by atoms with Crippen LogP contribution < -0.4 is 0 Å². The van der Waals surface area contributed by atoms with E-state index in [9.17, 15) is 8.78 Å². The zero-order valence-electron chi connectivity index (χ0n) is 14.3. The topological polar surface area (TPSA) is 42.2 Å². The van der Waals surface area contributed by atoms with Crippen LogP contribution in [0.5, 0.6) is 0 Å². The molecule has 2 aromatic rings. The molecular weight excluding hydrogens is 324 g/mol. The highest BCUT2D eigenvalue weighted by Gasteiger charge is 2.30. The van der Waals surface area contributed by atoms with Gasteiger partial charge in [0.25, 0.3) is 0 Å². The van der Waals surface area contributed by atoms with Gasteiger partial charge >= 0.3 is 0 Å². The third kappa shape index (κ3) is 4.06. The van der Waals surface area contributed by atoms with E-state index in [1.807, 2.05) is 0 Å². The van der Waals surface area contributed by atoms with Gasteiger partial charge in [-0.3, -0.25) is 4.90 Å². The molecule has 1 aromatic heterocycles. The summed E-state index contributed by atoms with van der Waals surface area (Å²) in [5.74, 6) is 1.50. The summed E-state index contributed by atoms with van der Waals surface area (Å²) < 4.78 is 33.3. The van der Waals surface area contributed by atoms with Crippen LogP contribution in [-0.4, -0.2) is 28.2 Å². The number of rotatable bonds is 6. The number of hydrogen-bond acceptors (Lipinski definition) is 4. The molecule has 1 saturated carbocycles. The van der Waals surface area contributed by atoms with Crippen molar-refractivity contribution in [3.05, 3.63) is 47.2 Å². The maximum atomic E-state index is 13.8. The van der Waals surface area contributed by atoms with Crippen molar-refractivity contribution in [3.8, 4) is 0 Å². The van der Waals surface area contributed by atoms with Gasteiger partial charge in [0.15, 0.2) is 0 Å². The Balaban J connectivity index is 1.31. The van der Waals surface area contributed by atoms with Gasteiger partial charge in [-0.1, -0.05) is 6.07 Å². The van der Waals surface area contributed by atoms with E-state index in [2.05, 4.69) is 15.1 Å². The highest BCUT2D eigenvalue weighted by atomic mass is 19.1. The molecule has 0 bridgehead atoms. The van der Waals surface area contributed by atoms with E-state index in [-0.39, 0.29) is 5.56 Å². The molecular formula is C19H23F2N3O. The fraction of sp³-hybridized carbons (Fsp3) is 0.579. The van der Waals surface area contributed by atoms with Crippen LogP contribution in [0.4, 0.5) is 8.78 Å². The minimum Gasteiger partial charge on any atom is -0.424 e. The zero-order valence-corrected chi connectivity index (χ0v) is 14.3. The normalized spacial score (nSPS) is 21.6. The second-order valence-electron chi connectivity index (χ2n) is 7.29. The highest BCUT2D eigenvalue weighted by molar-refractivity contribution is 5.19. The van der Waals surface area contributed by atoms with Gasteiger partial charge in [0.2, 0.25) is 11.8 Å². The van der Waals surface area contributed by atoms with Crippen molar-refractivity contribution in [3.63, 3.8) is 0 Å². The quantitative estimate of drug-likeness (QED) is 0.790. The van der Waals surface area contributed by atoms with E-state index in [1.54, 1.807) is 0 Å². The molecule has 1 aromatic carbocycles. The van der Waals surface area contributed by atoms with Gasteiger partial charge in [-0.2, -0.15) is 0 Å². The van der Waals surface area contributed by atoms with E-state index in [0.29, 0.717) is 30.7 Å². The van der Waals surface area contributed by atoms with Gasteiger partial charge in [0.1, 0.15) is 11.6 Å². The number of benzene rings is 1. The lowest BCUT2D eigenvalue weighted by molar-refractivity contribution is 0.148. The van der Waals surface area contributed by atoms with E-state index < -0.39 is 11.6 Å². The predicted octanol–water partition coefficient (Wildman–Crippen LogP) is 4.07. The van der Waals surface area contributed by atoms with Crippen molar-refractivity contribution in [1.82, 2.24) is 15.1 Å². The zero-order chi connectivity index (χ0) is 17.2. The van der Waals surface area contributed by atoms with Gasteiger partial charge in [-0.15, -0.1) is 10.2 Å². The standard InChI is InChI=1S/C19H23F2N3O/c20-16-4-1-5-17(21)15(16)9-6-13-3-2-10-24(11-13)12-18-22-23-19(25-18)14-7-8-14/h1,4-5,13-14H,2-3,6-12H2/t13-/m0/s1. The maximum absolute atomic E-state index is 13.8. The molecule has 0 radical (unpaired) electrons. The van der Waals surface area contributed by atoms with E-state index in [0.717, 1.165) is 51.1 Å². The minimum atomic E-state index is -0.439. The van der Waals surface area contributed by atoms with E-state index >= 15 is 0 Å². The SMILES string of the molecule is Fc1cccc(F)c1CC[C@@H]1CCCN(Cc2nnc(C3CC3)o2)C1. The van der Waals surface area contributed by atoms with Gasteiger partial charge in [0, 0.05) is 18.0 Å². The Labute approximate surface area is 146 Å². The van der Waals surface area contributed by atoms with Crippen molar-refractivity contribution in [1.29, 1.82) is 0 Å². The lowest BCUT2D eigenvalue weighted by Crippen LogP contribution is -2.35. The molecule has 2 aliphatic rings. The summed E-state index contributed by atoms with van der Waals surface area (Å²) in [5, 5.41) is 8.29. The number of halogens is 2. The Morgan fingerprint density at radius 2 is 1.92 bits per heavy atom. The van der Waals surface area contributed by atoms with Crippen molar-refractivity contribution >= 4 is 0 Å². The Bertz CT molecular complexity index is 709. The first-order valence-corrected chi connectivity index (χ1v) is 9.16. The van der Waals surface area contributed by atoms with E-state index in [1.165, 1.54) is 18.2 Å². The van der Waals surface area contributed by atoms with Crippen LogP contribution in [0, 0.1) is 17.6 Å². The van der Waals surface area contributed by atoms with Gasteiger partial charge in [-0.05, 0) is 63.1 Å². The number of likely N-dealkylation sites (tertiary alicyclic amines) is 1. The van der Waals surface area contributed by atoms with Crippen LogP contribution in [0.15, 0.2) is 22.6 Å². The molecule has 134 valence electrons. The Kier molecular flexibility index (Phi) is 4.79. The molecule has 0 unspecified atom stereocenters. The van der Waals surface area contributed by atoms with Crippen molar-refractivity contribution in [2.75, 3.05) is 13.1 Å². The fourth-order valence-electron chi connectivity index (χ4n) is 3.67. The summed E-state index contributed by atoms with van der Waals surface area (Å²) in [6, 6.07) is 4.08. The van der Waals surface area contributed by atoms with Crippen LogP contribution in [0.2, 0.25) is 0 Å². The Morgan fingerprint density at radius 3 is 2.68 bits per heavy atom. The van der Waals surface area contributed by atoms with Crippen LogP contribution in [0.1, 0.15) is 55.4 Å². The average Bonchev–Trinajstić information content (AvgIpc) is 3.35. The van der Waals surface area contributed by atoms with Crippen molar-refractivity contribution in [2.24, 2.45) is 5.92 Å². The molecule has 4 nitrogen and oxygen atoms in total. The molecule has 0 spiro atoms. The lowest BCUT2D eigenvalue weighted by atomic mass is 9.91. The molecule has 2 fully saturated rings. The summed E-state index contributed by atoms with van der Waals surface area (Å²) in [4.78, 5) is 2.32. The van der Waals surface area contributed by atoms with Crippen molar-refractivity contribution in [2.45, 2.75) is 51.0 Å². The number of nitrogens with zero attached hydrogens (tertiary/aromatic N) is 3. The van der Waals surface area contributed by atoms with Gasteiger partial charge < -0.3 is 4.42 Å². The van der Waals surface area contributed by atoms with Crippen LogP contribution >= 0.6 is 0 Å². The molecule has 1 atom stereocenters. The van der Waals surface area contributed by atoms with Gasteiger partial charge in [0.05, 0.1) is 6.54 Å². The first-order chi connectivity index (χ1) is 12.2. The number of piperidine rings is 1. The highest BCUT2D eigenvalue weighted by Crippen LogP contribution is 2.39. The first kappa shape index (κ1) is 16.6.